The Morgan fingerprint density at radius 2 is 1.95 bits per heavy atom. The molecule has 2 amide bonds. The number of likely N-dealkylation sites (N-methyl/N-ethyl adjacent to an activating group) is 1. The van der Waals surface area contributed by atoms with Gasteiger partial charge >= 0.3 is 0 Å². The summed E-state index contributed by atoms with van der Waals surface area (Å²) in [4.78, 5) is 35.3. The van der Waals surface area contributed by atoms with Crippen LogP contribution in [0.2, 0.25) is 5.02 Å². The number of rotatable bonds is 4. The average Bonchev–Trinajstić information content (AvgIpc) is 2.35. The van der Waals surface area contributed by atoms with E-state index in [9.17, 15) is 19.7 Å². The Bertz CT molecular complexity index is 611. The van der Waals surface area contributed by atoms with Gasteiger partial charge in [-0.05, 0) is 26.8 Å². The van der Waals surface area contributed by atoms with Gasteiger partial charge in [0.15, 0.2) is 0 Å². The zero-order valence-electron chi connectivity index (χ0n) is 12.8. The number of amides is 2. The van der Waals surface area contributed by atoms with Gasteiger partial charge in [0.25, 0.3) is 11.6 Å². The molecule has 0 atom stereocenters. The molecule has 0 radical (unpaired) electrons. The van der Waals surface area contributed by atoms with Crippen LogP contribution in [0, 0.1) is 10.1 Å². The molecule has 22 heavy (non-hydrogen) atoms. The Morgan fingerprint density at radius 3 is 2.41 bits per heavy atom. The second kappa shape index (κ2) is 6.74. The van der Waals surface area contributed by atoms with Crippen molar-refractivity contribution in [3.8, 4) is 0 Å². The fraction of sp³-hybridized carbons (Fsp3) is 0.429. The molecule has 0 fully saturated rings. The summed E-state index contributed by atoms with van der Waals surface area (Å²) in [6, 6.07) is 3.58. The highest BCUT2D eigenvalue weighted by Gasteiger charge is 2.21. The molecular weight excluding hydrogens is 310 g/mol. The second-order valence-electron chi connectivity index (χ2n) is 5.88. The van der Waals surface area contributed by atoms with E-state index >= 15 is 0 Å². The van der Waals surface area contributed by atoms with Crippen LogP contribution in [-0.2, 0) is 4.79 Å². The van der Waals surface area contributed by atoms with Gasteiger partial charge in [0, 0.05) is 24.7 Å². The van der Waals surface area contributed by atoms with Crippen LogP contribution < -0.4 is 5.32 Å². The van der Waals surface area contributed by atoms with Gasteiger partial charge in [-0.2, -0.15) is 0 Å². The standard InChI is InChI=1S/C14H18ClN3O4/c1-14(2,3)16-12(19)8-17(4)13(20)10-6-5-9(18(21)22)7-11(10)15/h5-7H,8H2,1-4H3,(H,16,19). The van der Waals surface area contributed by atoms with Crippen LogP contribution in [0.3, 0.4) is 0 Å². The van der Waals surface area contributed by atoms with E-state index < -0.39 is 16.4 Å². The van der Waals surface area contributed by atoms with E-state index in [2.05, 4.69) is 5.32 Å². The van der Waals surface area contributed by atoms with E-state index in [4.69, 9.17) is 11.6 Å². The van der Waals surface area contributed by atoms with Crippen LogP contribution in [-0.4, -0.2) is 40.8 Å². The van der Waals surface area contributed by atoms with Gasteiger partial charge in [-0.25, -0.2) is 0 Å². The molecule has 0 aliphatic rings. The van der Waals surface area contributed by atoms with Crippen molar-refractivity contribution in [1.29, 1.82) is 0 Å². The van der Waals surface area contributed by atoms with Crippen molar-refractivity contribution in [2.24, 2.45) is 0 Å². The third-order valence-electron chi connectivity index (χ3n) is 2.64. The molecule has 1 rings (SSSR count). The van der Waals surface area contributed by atoms with Crippen molar-refractivity contribution in [2.45, 2.75) is 26.3 Å². The summed E-state index contributed by atoms with van der Waals surface area (Å²) in [7, 11) is 1.46. The highest BCUT2D eigenvalue weighted by atomic mass is 35.5. The van der Waals surface area contributed by atoms with E-state index in [-0.39, 0.29) is 28.7 Å². The van der Waals surface area contributed by atoms with Gasteiger partial charge in [-0.1, -0.05) is 11.6 Å². The lowest BCUT2D eigenvalue weighted by Gasteiger charge is -2.23. The lowest BCUT2D eigenvalue weighted by molar-refractivity contribution is -0.384. The van der Waals surface area contributed by atoms with Gasteiger partial charge < -0.3 is 10.2 Å². The van der Waals surface area contributed by atoms with Gasteiger partial charge in [-0.15, -0.1) is 0 Å². The number of nitro benzene ring substituents is 1. The highest BCUT2D eigenvalue weighted by Crippen LogP contribution is 2.23. The Balaban J connectivity index is 2.83. The highest BCUT2D eigenvalue weighted by molar-refractivity contribution is 6.34. The molecule has 0 bridgehead atoms. The number of benzene rings is 1. The molecule has 1 aromatic rings. The molecule has 0 aliphatic heterocycles. The normalized spacial score (nSPS) is 11.0. The number of carbonyl (C=O) groups excluding carboxylic acids is 2. The van der Waals surface area contributed by atoms with Crippen molar-refractivity contribution in [2.75, 3.05) is 13.6 Å². The first-order valence-corrected chi connectivity index (χ1v) is 6.89. The minimum atomic E-state index is -0.597. The number of carbonyl (C=O) groups is 2. The maximum absolute atomic E-state index is 12.2. The van der Waals surface area contributed by atoms with Gasteiger partial charge in [-0.3, -0.25) is 19.7 Å². The first-order chi connectivity index (χ1) is 10.0. The van der Waals surface area contributed by atoms with Crippen LogP contribution in [0.4, 0.5) is 5.69 Å². The van der Waals surface area contributed by atoms with Gasteiger partial charge in [0.05, 0.1) is 22.1 Å². The maximum atomic E-state index is 12.2. The molecule has 0 saturated carbocycles. The summed E-state index contributed by atoms with van der Waals surface area (Å²) in [5.74, 6) is -0.787. The summed E-state index contributed by atoms with van der Waals surface area (Å²) in [6.07, 6.45) is 0. The van der Waals surface area contributed by atoms with Crippen molar-refractivity contribution >= 4 is 29.1 Å². The zero-order chi connectivity index (χ0) is 17.1. The van der Waals surface area contributed by atoms with Crippen LogP contribution in [0.15, 0.2) is 18.2 Å². The summed E-state index contributed by atoms with van der Waals surface area (Å²) in [5.41, 5.74) is -0.487. The second-order valence-corrected chi connectivity index (χ2v) is 6.29. The minimum Gasteiger partial charge on any atom is -0.350 e. The fourth-order valence-corrected chi connectivity index (χ4v) is 2.00. The zero-order valence-corrected chi connectivity index (χ0v) is 13.6. The largest absolute Gasteiger partial charge is 0.350 e. The predicted octanol–water partition coefficient (Wildman–Crippen LogP) is 2.23. The molecular formula is C14H18ClN3O4. The molecule has 0 aliphatic carbocycles. The van der Waals surface area contributed by atoms with Crippen LogP contribution >= 0.6 is 11.6 Å². The van der Waals surface area contributed by atoms with Crippen LogP contribution in [0.25, 0.3) is 0 Å². The van der Waals surface area contributed by atoms with E-state index in [0.29, 0.717) is 0 Å². The predicted molar refractivity (Wildman–Crippen MR) is 83.0 cm³/mol. The maximum Gasteiger partial charge on any atom is 0.270 e. The number of halogens is 1. The van der Waals surface area contributed by atoms with E-state index in [1.165, 1.54) is 24.1 Å². The molecule has 0 spiro atoms. The summed E-state index contributed by atoms with van der Waals surface area (Å²) in [5, 5.41) is 13.4. The number of nitro groups is 1. The number of nitrogens with one attached hydrogen (secondary N) is 1. The number of non-ortho nitro benzene ring substituents is 1. The van der Waals surface area contributed by atoms with Crippen molar-refractivity contribution in [3.05, 3.63) is 38.9 Å². The first kappa shape index (κ1) is 17.9. The number of nitrogens with zero attached hydrogens (tertiary/aromatic N) is 2. The topological polar surface area (TPSA) is 92.6 Å². The average molecular weight is 328 g/mol. The Labute approximate surface area is 133 Å². The van der Waals surface area contributed by atoms with Crippen LogP contribution in [0.5, 0.6) is 0 Å². The molecule has 0 heterocycles. The summed E-state index contributed by atoms with van der Waals surface area (Å²) >= 11 is 5.90. The van der Waals surface area contributed by atoms with Crippen molar-refractivity contribution in [1.82, 2.24) is 10.2 Å². The molecule has 0 unspecified atom stereocenters. The Morgan fingerprint density at radius 1 is 1.36 bits per heavy atom. The number of hydrogen-bond acceptors (Lipinski definition) is 4. The molecule has 7 nitrogen and oxygen atoms in total. The van der Waals surface area contributed by atoms with Gasteiger partial charge in [0.1, 0.15) is 0 Å². The lowest BCUT2D eigenvalue weighted by atomic mass is 10.1. The summed E-state index contributed by atoms with van der Waals surface area (Å²) in [6.45, 7) is 5.36. The Hall–Kier alpha value is -2.15. The van der Waals surface area contributed by atoms with Crippen LogP contribution in [0.1, 0.15) is 31.1 Å². The lowest BCUT2D eigenvalue weighted by Crippen LogP contribution is -2.46. The minimum absolute atomic E-state index is 0.0257. The molecule has 0 saturated heterocycles. The molecule has 1 N–H and O–H groups in total. The smallest absolute Gasteiger partial charge is 0.270 e. The summed E-state index contributed by atoms with van der Waals surface area (Å²) < 4.78 is 0. The number of hydrogen-bond donors (Lipinski definition) is 1. The van der Waals surface area contributed by atoms with Crippen molar-refractivity contribution in [3.63, 3.8) is 0 Å². The monoisotopic (exact) mass is 327 g/mol. The van der Waals surface area contributed by atoms with Gasteiger partial charge in [0.2, 0.25) is 5.91 Å². The quantitative estimate of drug-likeness (QED) is 0.678. The Kier molecular flexibility index (Phi) is 5.48. The molecule has 120 valence electrons. The van der Waals surface area contributed by atoms with Crippen molar-refractivity contribution < 1.29 is 14.5 Å². The van der Waals surface area contributed by atoms with E-state index in [1.807, 2.05) is 20.8 Å². The SMILES string of the molecule is CN(CC(=O)NC(C)(C)C)C(=O)c1ccc([N+](=O)[O-])cc1Cl. The van der Waals surface area contributed by atoms with E-state index in [0.717, 1.165) is 6.07 Å². The molecule has 0 aromatic heterocycles. The molecule has 8 heteroatoms. The first-order valence-electron chi connectivity index (χ1n) is 6.51. The third-order valence-corrected chi connectivity index (χ3v) is 2.95. The van der Waals surface area contributed by atoms with E-state index in [1.54, 1.807) is 0 Å². The molecule has 1 aromatic carbocycles. The third kappa shape index (κ3) is 5.00. The fourth-order valence-electron chi connectivity index (χ4n) is 1.74.